The molecular formula is C12H22. The summed E-state index contributed by atoms with van der Waals surface area (Å²) < 4.78 is 0. The molecule has 0 spiro atoms. The molecule has 2 fully saturated rings. The first kappa shape index (κ1) is 8.59. The van der Waals surface area contributed by atoms with Crippen molar-refractivity contribution in [3.8, 4) is 0 Å². The third kappa shape index (κ3) is 0.900. The molecule has 12 heavy (non-hydrogen) atoms. The minimum absolute atomic E-state index is 1.03. The maximum atomic E-state index is 2.48. The van der Waals surface area contributed by atoms with Gasteiger partial charge in [-0.1, -0.05) is 40.5 Å². The van der Waals surface area contributed by atoms with Crippen LogP contribution in [0.25, 0.3) is 0 Å². The molecule has 0 amide bonds. The van der Waals surface area contributed by atoms with Crippen LogP contribution in [-0.4, -0.2) is 0 Å². The van der Waals surface area contributed by atoms with Crippen LogP contribution in [0.3, 0.4) is 0 Å². The normalized spacial score (nSPS) is 50.2. The lowest BCUT2D eigenvalue weighted by Crippen LogP contribution is -2.33. The van der Waals surface area contributed by atoms with E-state index in [1.807, 2.05) is 0 Å². The fourth-order valence-corrected chi connectivity index (χ4v) is 4.00. The van der Waals surface area contributed by atoms with Crippen LogP contribution >= 0.6 is 0 Å². The van der Waals surface area contributed by atoms with E-state index in [1.165, 1.54) is 12.8 Å². The molecule has 0 heterocycles. The first-order chi connectivity index (χ1) is 5.72. The van der Waals surface area contributed by atoms with Crippen molar-refractivity contribution in [2.45, 2.75) is 40.5 Å². The maximum Gasteiger partial charge on any atom is -0.0318 e. The van der Waals surface area contributed by atoms with Gasteiger partial charge in [0, 0.05) is 0 Å². The highest BCUT2D eigenvalue weighted by Gasteiger charge is 2.65. The molecule has 0 N–H and O–H groups in total. The number of fused-ring (bicyclic) bond motifs is 1. The Bertz CT molecular complexity index is 163. The Labute approximate surface area is 76.7 Å². The Morgan fingerprint density at radius 3 is 1.83 bits per heavy atom. The van der Waals surface area contributed by atoms with Crippen LogP contribution in [0.4, 0.5) is 0 Å². The zero-order valence-corrected chi connectivity index (χ0v) is 8.88. The summed E-state index contributed by atoms with van der Waals surface area (Å²) in [6.45, 7) is 9.66. The molecule has 0 nitrogen and oxygen atoms in total. The Morgan fingerprint density at radius 2 is 1.50 bits per heavy atom. The molecule has 2 aliphatic carbocycles. The minimum Gasteiger partial charge on any atom is -0.0651 e. The molecule has 0 aromatic heterocycles. The van der Waals surface area contributed by atoms with Gasteiger partial charge in [-0.25, -0.2) is 0 Å². The molecule has 0 aromatic rings. The Hall–Kier alpha value is 0. The van der Waals surface area contributed by atoms with Crippen LogP contribution in [0.1, 0.15) is 40.5 Å². The first-order valence-corrected chi connectivity index (χ1v) is 5.72. The van der Waals surface area contributed by atoms with Crippen LogP contribution < -0.4 is 0 Å². The van der Waals surface area contributed by atoms with E-state index in [9.17, 15) is 0 Å². The predicted molar refractivity (Wildman–Crippen MR) is 52.9 cm³/mol. The summed E-state index contributed by atoms with van der Waals surface area (Å²) in [6.07, 6.45) is 2.81. The Kier molecular flexibility index (Phi) is 1.97. The van der Waals surface area contributed by atoms with Crippen LogP contribution in [0.15, 0.2) is 0 Å². The van der Waals surface area contributed by atoms with Crippen molar-refractivity contribution in [3.63, 3.8) is 0 Å². The smallest absolute Gasteiger partial charge is 0.0318 e. The van der Waals surface area contributed by atoms with Gasteiger partial charge in [0.15, 0.2) is 0 Å². The molecule has 2 aliphatic rings. The van der Waals surface area contributed by atoms with Gasteiger partial charge >= 0.3 is 0 Å². The van der Waals surface area contributed by atoms with E-state index in [1.54, 1.807) is 0 Å². The summed E-state index contributed by atoms with van der Waals surface area (Å²) in [5.74, 6) is 6.53. The van der Waals surface area contributed by atoms with Crippen molar-refractivity contribution >= 4 is 0 Å². The molecule has 0 bridgehead atoms. The van der Waals surface area contributed by atoms with Gasteiger partial charge in [-0.15, -0.1) is 0 Å². The minimum atomic E-state index is 1.03. The second kappa shape index (κ2) is 2.75. The lowest BCUT2D eigenvalue weighted by atomic mass is 9.66. The fraction of sp³-hybridized carbons (Fsp3) is 1.00. The molecule has 0 saturated heterocycles. The first-order valence-electron chi connectivity index (χ1n) is 5.72. The van der Waals surface area contributed by atoms with Crippen LogP contribution in [-0.2, 0) is 0 Å². The largest absolute Gasteiger partial charge is 0.0651 e. The molecule has 5 unspecified atom stereocenters. The van der Waals surface area contributed by atoms with Crippen molar-refractivity contribution in [2.24, 2.45) is 35.5 Å². The molecule has 0 heteroatoms. The van der Waals surface area contributed by atoms with E-state index >= 15 is 0 Å². The van der Waals surface area contributed by atoms with Crippen LogP contribution in [0.5, 0.6) is 0 Å². The topological polar surface area (TPSA) is 0 Å². The van der Waals surface area contributed by atoms with E-state index in [-0.39, 0.29) is 0 Å². The van der Waals surface area contributed by atoms with Crippen molar-refractivity contribution in [2.75, 3.05) is 0 Å². The second-order valence-corrected chi connectivity index (χ2v) is 5.03. The van der Waals surface area contributed by atoms with Gasteiger partial charge in [0.1, 0.15) is 0 Å². The van der Waals surface area contributed by atoms with Gasteiger partial charge in [0.05, 0.1) is 0 Å². The number of hydrogen-bond donors (Lipinski definition) is 0. The molecule has 0 aliphatic heterocycles. The summed E-state index contributed by atoms with van der Waals surface area (Å²) >= 11 is 0. The lowest BCUT2D eigenvalue weighted by Gasteiger charge is -2.38. The zero-order chi connectivity index (χ0) is 8.88. The van der Waals surface area contributed by atoms with Gasteiger partial charge in [0.2, 0.25) is 0 Å². The highest BCUT2D eigenvalue weighted by Crippen LogP contribution is 2.70. The second-order valence-electron chi connectivity index (χ2n) is 5.03. The van der Waals surface area contributed by atoms with Crippen LogP contribution in [0.2, 0.25) is 0 Å². The van der Waals surface area contributed by atoms with Gasteiger partial charge in [-0.3, -0.25) is 0 Å². The summed E-state index contributed by atoms with van der Waals surface area (Å²) in [7, 11) is 0. The molecule has 0 radical (unpaired) electrons. The number of hydrogen-bond acceptors (Lipinski definition) is 0. The number of rotatable bonds is 3. The third-order valence-corrected chi connectivity index (χ3v) is 4.77. The maximum absolute atomic E-state index is 2.48. The predicted octanol–water partition coefficient (Wildman–Crippen LogP) is 3.57. The SMILES string of the molecule is CCC(CC)C1C(C)C2C(C)C12. The fourth-order valence-electron chi connectivity index (χ4n) is 4.00. The lowest BCUT2D eigenvalue weighted by molar-refractivity contribution is 0.0946. The van der Waals surface area contributed by atoms with Crippen molar-refractivity contribution < 1.29 is 0 Å². The van der Waals surface area contributed by atoms with E-state index in [2.05, 4.69) is 27.7 Å². The van der Waals surface area contributed by atoms with Gasteiger partial charge in [0.25, 0.3) is 0 Å². The van der Waals surface area contributed by atoms with E-state index in [0.29, 0.717) is 0 Å². The van der Waals surface area contributed by atoms with Crippen LogP contribution in [0, 0.1) is 35.5 Å². The quantitative estimate of drug-likeness (QED) is 0.601. The van der Waals surface area contributed by atoms with Crippen molar-refractivity contribution in [1.29, 1.82) is 0 Å². The molecule has 5 atom stereocenters. The van der Waals surface area contributed by atoms with Gasteiger partial charge in [-0.2, -0.15) is 0 Å². The van der Waals surface area contributed by atoms with Gasteiger partial charge < -0.3 is 0 Å². The summed E-state index contributed by atoms with van der Waals surface area (Å²) in [5, 5.41) is 0. The van der Waals surface area contributed by atoms with Gasteiger partial charge in [-0.05, 0) is 35.5 Å². The molecule has 2 rings (SSSR count). The third-order valence-electron chi connectivity index (χ3n) is 4.77. The highest BCUT2D eigenvalue weighted by molar-refractivity contribution is 5.13. The monoisotopic (exact) mass is 166 g/mol. The molecular weight excluding hydrogens is 144 g/mol. The Morgan fingerprint density at radius 1 is 0.917 bits per heavy atom. The van der Waals surface area contributed by atoms with E-state index in [0.717, 1.165) is 35.5 Å². The average Bonchev–Trinajstić information content (AvgIpc) is 2.66. The standard InChI is InChI=1S/C12H22/c1-5-9(6-2)11-7(3)10-8(4)12(10)11/h7-12H,5-6H2,1-4H3. The molecule has 70 valence electrons. The Balaban J connectivity index is 1.97. The highest BCUT2D eigenvalue weighted by atomic mass is 14.7. The molecule has 2 saturated carbocycles. The summed E-state index contributed by atoms with van der Waals surface area (Å²) in [6, 6.07) is 0. The summed E-state index contributed by atoms with van der Waals surface area (Å²) in [4.78, 5) is 0. The zero-order valence-electron chi connectivity index (χ0n) is 8.88. The average molecular weight is 166 g/mol. The van der Waals surface area contributed by atoms with Crippen molar-refractivity contribution in [1.82, 2.24) is 0 Å². The molecule has 0 aromatic carbocycles. The van der Waals surface area contributed by atoms with E-state index in [4.69, 9.17) is 0 Å². The summed E-state index contributed by atoms with van der Waals surface area (Å²) in [5.41, 5.74) is 0. The van der Waals surface area contributed by atoms with E-state index < -0.39 is 0 Å². The van der Waals surface area contributed by atoms with Crippen molar-refractivity contribution in [3.05, 3.63) is 0 Å².